The van der Waals surface area contributed by atoms with E-state index in [1.165, 1.54) is 16.7 Å². The number of oxime groups is 1. The van der Waals surface area contributed by atoms with E-state index in [1.807, 2.05) is 97.1 Å². The van der Waals surface area contributed by atoms with Gasteiger partial charge in [0.25, 0.3) is 18.7 Å². The number of carboxylic acid groups (broad SMARTS) is 1. The Hall–Kier alpha value is -4.61. The SMILES string of the molecule is O=C(O)C1=C(/C=C/CI)CS[C@@H]2[C@H](NC(=O)/C(=N\OCF)c3nsc(NC(c4ccccc4)(c4ccccc4)c4ccccc4)n3)C(=O)N12. The number of carbonyl (C=O) groups excluding carboxylic acids is 2. The van der Waals surface area contributed by atoms with Crippen molar-refractivity contribution < 1.29 is 28.7 Å². The van der Waals surface area contributed by atoms with Crippen LogP contribution in [0.2, 0.25) is 0 Å². The highest BCUT2D eigenvalue weighted by Crippen LogP contribution is 2.42. The van der Waals surface area contributed by atoms with Crippen LogP contribution in [0, 0.1) is 0 Å². The first-order valence-electron chi connectivity index (χ1n) is 14.9. The number of amides is 2. The Kier molecular flexibility index (Phi) is 10.7. The number of halogens is 2. The number of nitrogens with zero attached hydrogens (tertiary/aromatic N) is 4. The van der Waals surface area contributed by atoms with E-state index < -0.39 is 47.3 Å². The molecule has 3 N–H and O–H groups in total. The van der Waals surface area contributed by atoms with Crippen molar-refractivity contribution in [2.45, 2.75) is 17.0 Å². The van der Waals surface area contributed by atoms with Crippen LogP contribution in [0.25, 0.3) is 0 Å². The van der Waals surface area contributed by atoms with Gasteiger partial charge in [0.1, 0.15) is 22.7 Å². The van der Waals surface area contributed by atoms with Crippen molar-refractivity contribution in [3.8, 4) is 0 Å². The van der Waals surface area contributed by atoms with Crippen LogP contribution in [0.15, 0.2) is 120 Å². The van der Waals surface area contributed by atoms with Crippen molar-refractivity contribution >= 4 is 74.5 Å². The molecule has 6 rings (SSSR count). The Labute approximate surface area is 302 Å². The Balaban J connectivity index is 1.30. The van der Waals surface area contributed by atoms with Gasteiger partial charge in [-0.3, -0.25) is 14.5 Å². The van der Waals surface area contributed by atoms with Gasteiger partial charge in [0.2, 0.25) is 16.7 Å². The molecule has 250 valence electrons. The maximum absolute atomic E-state index is 13.6. The summed E-state index contributed by atoms with van der Waals surface area (Å²) in [5.74, 6) is -2.54. The van der Waals surface area contributed by atoms with E-state index >= 15 is 0 Å². The number of alkyl halides is 2. The van der Waals surface area contributed by atoms with Crippen LogP contribution in [-0.2, 0) is 24.8 Å². The number of hydrogen-bond acceptors (Lipinski definition) is 10. The fourth-order valence-electron chi connectivity index (χ4n) is 5.75. The molecule has 3 aromatic carbocycles. The molecule has 0 aliphatic carbocycles. The number of fused-ring (bicyclic) bond motifs is 1. The average Bonchev–Trinajstić information content (AvgIpc) is 3.60. The smallest absolute Gasteiger partial charge is 0.352 e. The van der Waals surface area contributed by atoms with Gasteiger partial charge in [0.05, 0.1) is 0 Å². The largest absolute Gasteiger partial charge is 0.477 e. The molecule has 0 saturated carbocycles. The van der Waals surface area contributed by atoms with E-state index in [2.05, 4.69) is 52.6 Å². The van der Waals surface area contributed by atoms with E-state index in [0.29, 0.717) is 20.9 Å². The number of nitrogens with one attached hydrogen (secondary N) is 2. The number of aliphatic carboxylic acids is 1. The topological polar surface area (TPSA) is 146 Å². The van der Waals surface area contributed by atoms with Gasteiger partial charge in [-0.05, 0) is 22.3 Å². The number of carbonyl (C=O) groups is 3. The zero-order chi connectivity index (χ0) is 34.4. The van der Waals surface area contributed by atoms with Crippen molar-refractivity contribution in [1.29, 1.82) is 0 Å². The minimum absolute atomic E-state index is 0.120. The van der Waals surface area contributed by atoms with E-state index in [9.17, 15) is 23.9 Å². The van der Waals surface area contributed by atoms with Crippen LogP contribution in [0.3, 0.4) is 0 Å². The number of allylic oxidation sites excluding steroid dienone is 2. The third kappa shape index (κ3) is 6.82. The molecule has 2 amide bonds. The molecule has 15 heteroatoms. The van der Waals surface area contributed by atoms with E-state index in [4.69, 9.17) is 0 Å². The number of rotatable bonds is 13. The van der Waals surface area contributed by atoms with E-state index in [1.54, 1.807) is 6.08 Å². The van der Waals surface area contributed by atoms with Crippen LogP contribution < -0.4 is 10.6 Å². The Morgan fingerprint density at radius 3 is 2.16 bits per heavy atom. The zero-order valence-corrected chi connectivity index (χ0v) is 29.3. The molecule has 1 fully saturated rings. The molecule has 2 aliphatic rings. The Bertz CT molecular complexity index is 1830. The molecule has 1 aromatic heterocycles. The van der Waals surface area contributed by atoms with Crippen molar-refractivity contribution in [3.63, 3.8) is 0 Å². The third-order valence-corrected chi connectivity index (χ3v) is 10.3. The van der Waals surface area contributed by atoms with Crippen molar-refractivity contribution in [3.05, 3.63) is 137 Å². The summed E-state index contributed by atoms with van der Waals surface area (Å²) in [4.78, 5) is 49.3. The summed E-state index contributed by atoms with van der Waals surface area (Å²) in [6.45, 7) is -1.32. The lowest BCUT2D eigenvalue weighted by molar-refractivity contribution is -0.150. The highest BCUT2D eigenvalue weighted by atomic mass is 127. The molecule has 2 aliphatic heterocycles. The molecule has 0 unspecified atom stereocenters. The highest BCUT2D eigenvalue weighted by Gasteiger charge is 2.54. The van der Waals surface area contributed by atoms with Gasteiger partial charge in [-0.1, -0.05) is 131 Å². The Morgan fingerprint density at radius 1 is 1.04 bits per heavy atom. The van der Waals surface area contributed by atoms with Gasteiger partial charge in [-0.25, -0.2) is 9.18 Å². The minimum atomic E-state index is -1.32. The van der Waals surface area contributed by atoms with E-state index in [-0.39, 0.29) is 11.5 Å². The maximum atomic E-state index is 13.6. The maximum Gasteiger partial charge on any atom is 0.352 e. The van der Waals surface area contributed by atoms with Crippen LogP contribution in [0.1, 0.15) is 22.5 Å². The van der Waals surface area contributed by atoms with Gasteiger partial charge in [0.15, 0.2) is 0 Å². The van der Waals surface area contributed by atoms with Gasteiger partial charge in [0, 0.05) is 21.7 Å². The highest BCUT2D eigenvalue weighted by molar-refractivity contribution is 14.1. The standard InChI is InChI=1S/C34H28FIN6O5S2/c35-20-47-40-25(29(43)37-26-30(44)42-27(32(45)46)21(11-10-18-36)19-48-31(26)42)28-38-33(49-41-28)39-34(22-12-4-1-5-13-22,23-14-6-2-7-15-23)24-16-8-3-9-17-24/h1-17,26,31H,18-20H2,(H,37,43)(H,45,46)(H,38,39,41)/b11-10+,40-25-/t26-,31-/m1/s1. The Morgan fingerprint density at radius 2 is 1.63 bits per heavy atom. The molecular weight excluding hydrogens is 782 g/mol. The molecule has 11 nitrogen and oxygen atoms in total. The number of carboxylic acids is 1. The monoisotopic (exact) mass is 810 g/mol. The summed E-state index contributed by atoms with van der Waals surface area (Å²) >= 11 is 4.43. The number of benzene rings is 3. The predicted molar refractivity (Wildman–Crippen MR) is 194 cm³/mol. The summed E-state index contributed by atoms with van der Waals surface area (Å²) in [6, 6.07) is 28.4. The number of thioether (sulfide) groups is 1. The molecule has 0 bridgehead atoms. The first kappa shape index (κ1) is 34.3. The first-order chi connectivity index (χ1) is 23.9. The van der Waals surface area contributed by atoms with Crippen LogP contribution in [-0.4, -0.2) is 71.3 Å². The molecule has 0 spiro atoms. The van der Waals surface area contributed by atoms with Gasteiger partial charge < -0.3 is 20.6 Å². The molecule has 2 atom stereocenters. The summed E-state index contributed by atoms with van der Waals surface area (Å²) in [5.41, 5.74) is 1.75. The molecular formula is C34H28FIN6O5S2. The van der Waals surface area contributed by atoms with Crippen LogP contribution >= 0.6 is 45.9 Å². The van der Waals surface area contributed by atoms with E-state index in [0.717, 1.165) is 28.2 Å². The summed E-state index contributed by atoms with van der Waals surface area (Å²) in [6.07, 6.45) is 3.50. The van der Waals surface area contributed by atoms with Crippen molar-refractivity contribution in [2.24, 2.45) is 5.16 Å². The molecule has 49 heavy (non-hydrogen) atoms. The molecule has 4 aromatic rings. The minimum Gasteiger partial charge on any atom is -0.477 e. The molecule has 1 saturated heterocycles. The number of hydrogen-bond donors (Lipinski definition) is 3. The quantitative estimate of drug-likeness (QED) is 0.0408. The first-order valence-corrected chi connectivity index (χ1v) is 18.2. The zero-order valence-electron chi connectivity index (χ0n) is 25.5. The summed E-state index contributed by atoms with van der Waals surface area (Å²) in [5, 5.41) is 19.4. The lowest BCUT2D eigenvalue weighted by atomic mass is 9.77. The molecule has 3 heterocycles. The third-order valence-electron chi connectivity index (χ3n) is 7.87. The second kappa shape index (κ2) is 15.3. The van der Waals surface area contributed by atoms with Crippen molar-refractivity contribution in [1.82, 2.24) is 19.6 Å². The summed E-state index contributed by atoms with van der Waals surface area (Å²) < 4.78 is 18.2. The normalized spacial score (nSPS) is 17.8. The van der Waals surface area contributed by atoms with Gasteiger partial charge in [-0.15, -0.1) is 11.8 Å². The predicted octanol–water partition coefficient (Wildman–Crippen LogP) is 5.32. The fraction of sp³-hybridized carbons (Fsp3) is 0.176. The second-order valence-corrected chi connectivity index (χ2v) is 13.4. The number of aromatic nitrogens is 2. The van der Waals surface area contributed by atoms with Gasteiger partial charge in [-0.2, -0.15) is 9.36 Å². The number of anilines is 1. The number of β-lactam (4-membered cyclic amide) rings is 1. The summed E-state index contributed by atoms with van der Waals surface area (Å²) in [7, 11) is 0. The van der Waals surface area contributed by atoms with Crippen molar-refractivity contribution in [2.75, 3.05) is 22.4 Å². The lowest BCUT2D eigenvalue weighted by Gasteiger charge is -2.49. The van der Waals surface area contributed by atoms with Crippen LogP contribution in [0.5, 0.6) is 0 Å². The average molecular weight is 811 g/mol. The van der Waals surface area contributed by atoms with Crippen LogP contribution in [0.4, 0.5) is 9.52 Å². The molecule has 0 radical (unpaired) electrons. The van der Waals surface area contributed by atoms with Gasteiger partial charge >= 0.3 is 5.97 Å². The second-order valence-electron chi connectivity index (χ2n) is 10.7. The fourth-order valence-corrected chi connectivity index (χ4v) is 7.95. The lowest BCUT2D eigenvalue weighted by Crippen LogP contribution is -2.71.